The summed E-state index contributed by atoms with van der Waals surface area (Å²) in [5.74, 6) is 2.02. The van der Waals surface area contributed by atoms with Gasteiger partial charge in [0.2, 0.25) is 5.89 Å². The zero-order valence-electron chi connectivity index (χ0n) is 9.66. The van der Waals surface area contributed by atoms with Crippen molar-refractivity contribution >= 4 is 0 Å². The fraction of sp³-hybridized carbons (Fsp3) is 0.818. The van der Waals surface area contributed by atoms with Crippen LogP contribution in [0.2, 0.25) is 0 Å². The Kier molecular flexibility index (Phi) is 2.54. The number of aromatic nitrogens is 2. The number of nitrogens with two attached hydrogens (primary N) is 1. The third kappa shape index (κ3) is 2.20. The summed E-state index contributed by atoms with van der Waals surface area (Å²) in [7, 11) is 0. The van der Waals surface area contributed by atoms with E-state index in [2.05, 4.69) is 30.9 Å². The monoisotopic (exact) mass is 209 g/mol. The normalized spacial score (nSPS) is 25.2. The van der Waals surface area contributed by atoms with Crippen molar-refractivity contribution in [3.8, 4) is 0 Å². The van der Waals surface area contributed by atoms with E-state index >= 15 is 0 Å². The highest BCUT2D eigenvalue weighted by molar-refractivity contribution is 5.14. The molecule has 1 aliphatic carbocycles. The van der Waals surface area contributed by atoms with Gasteiger partial charge in [0.05, 0.1) is 0 Å². The first kappa shape index (κ1) is 10.6. The van der Waals surface area contributed by atoms with Crippen LogP contribution in [0.25, 0.3) is 0 Å². The van der Waals surface area contributed by atoms with E-state index in [0.29, 0.717) is 23.6 Å². The first-order valence-electron chi connectivity index (χ1n) is 5.61. The minimum Gasteiger partial charge on any atom is -0.339 e. The quantitative estimate of drug-likeness (QED) is 0.822. The SMILES string of the molecule is CCC(N)Cc1nc(C2CC2(C)C)no1. The fourth-order valence-electron chi connectivity index (χ4n) is 1.77. The molecule has 1 fully saturated rings. The van der Waals surface area contributed by atoms with E-state index in [-0.39, 0.29) is 6.04 Å². The fourth-order valence-corrected chi connectivity index (χ4v) is 1.77. The summed E-state index contributed by atoms with van der Waals surface area (Å²) in [5, 5.41) is 4.02. The van der Waals surface area contributed by atoms with Crippen LogP contribution < -0.4 is 5.73 Å². The van der Waals surface area contributed by atoms with Gasteiger partial charge in [0.1, 0.15) is 0 Å². The Hall–Kier alpha value is -0.900. The van der Waals surface area contributed by atoms with Crippen LogP contribution in [0.15, 0.2) is 4.52 Å². The van der Waals surface area contributed by atoms with Gasteiger partial charge >= 0.3 is 0 Å². The molecule has 0 amide bonds. The predicted molar refractivity (Wildman–Crippen MR) is 57.4 cm³/mol. The van der Waals surface area contributed by atoms with Crippen molar-refractivity contribution in [1.29, 1.82) is 0 Å². The van der Waals surface area contributed by atoms with Crippen LogP contribution in [0, 0.1) is 5.41 Å². The lowest BCUT2D eigenvalue weighted by molar-refractivity contribution is 0.361. The molecule has 4 nitrogen and oxygen atoms in total. The van der Waals surface area contributed by atoms with Crippen molar-refractivity contribution in [1.82, 2.24) is 10.1 Å². The topological polar surface area (TPSA) is 64.9 Å². The minimum absolute atomic E-state index is 0.130. The molecular weight excluding hydrogens is 190 g/mol. The van der Waals surface area contributed by atoms with Crippen LogP contribution in [0.5, 0.6) is 0 Å². The third-order valence-corrected chi connectivity index (χ3v) is 3.27. The number of hydrogen-bond acceptors (Lipinski definition) is 4. The summed E-state index contributed by atoms with van der Waals surface area (Å²) >= 11 is 0. The smallest absolute Gasteiger partial charge is 0.228 e. The van der Waals surface area contributed by atoms with E-state index < -0.39 is 0 Å². The van der Waals surface area contributed by atoms with Crippen LogP contribution in [0.4, 0.5) is 0 Å². The molecule has 2 atom stereocenters. The van der Waals surface area contributed by atoms with E-state index in [0.717, 1.165) is 18.7 Å². The summed E-state index contributed by atoms with van der Waals surface area (Å²) in [6.45, 7) is 6.52. The Morgan fingerprint density at radius 2 is 2.27 bits per heavy atom. The molecule has 1 aromatic heterocycles. The first-order valence-corrected chi connectivity index (χ1v) is 5.61. The van der Waals surface area contributed by atoms with Gasteiger partial charge in [-0.25, -0.2) is 0 Å². The van der Waals surface area contributed by atoms with Gasteiger partial charge in [0, 0.05) is 18.4 Å². The largest absolute Gasteiger partial charge is 0.339 e. The molecule has 15 heavy (non-hydrogen) atoms. The van der Waals surface area contributed by atoms with Crippen LogP contribution >= 0.6 is 0 Å². The standard InChI is InChI=1S/C11H19N3O/c1-4-7(12)5-9-13-10(14-15-9)8-6-11(8,2)3/h7-8H,4-6,12H2,1-3H3. The van der Waals surface area contributed by atoms with E-state index in [4.69, 9.17) is 10.3 Å². The second kappa shape index (κ2) is 3.59. The average Bonchev–Trinajstić information content (AvgIpc) is 2.63. The van der Waals surface area contributed by atoms with E-state index in [1.807, 2.05) is 0 Å². The van der Waals surface area contributed by atoms with E-state index in [9.17, 15) is 0 Å². The molecule has 0 radical (unpaired) electrons. The molecule has 1 heterocycles. The van der Waals surface area contributed by atoms with Crippen molar-refractivity contribution in [2.45, 2.75) is 52.0 Å². The molecular formula is C11H19N3O. The summed E-state index contributed by atoms with van der Waals surface area (Å²) < 4.78 is 5.19. The van der Waals surface area contributed by atoms with Crippen LogP contribution in [-0.2, 0) is 6.42 Å². The highest BCUT2D eigenvalue weighted by Crippen LogP contribution is 2.57. The molecule has 0 saturated heterocycles. The Bertz CT molecular complexity index is 345. The predicted octanol–water partition coefficient (Wildman–Crippen LogP) is 1.86. The van der Waals surface area contributed by atoms with Crippen LogP contribution in [0.1, 0.15) is 51.2 Å². The molecule has 0 aliphatic heterocycles. The molecule has 0 aromatic carbocycles. The highest BCUT2D eigenvalue weighted by atomic mass is 16.5. The molecule has 2 unspecified atom stereocenters. The van der Waals surface area contributed by atoms with Crippen LogP contribution in [-0.4, -0.2) is 16.2 Å². The molecule has 0 spiro atoms. The Labute approximate surface area is 90.2 Å². The maximum Gasteiger partial charge on any atom is 0.228 e. The number of rotatable bonds is 4. The lowest BCUT2D eigenvalue weighted by Crippen LogP contribution is -2.21. The molecule has 1 aliphatic rings. The van der Waals surface area contributed by atoms with Crippen molar-refractivity contribution in [2.24, 2.45) is 11.1 Å². The van der Waals surface area contributed by atoms with Crippen molar-refractivity contribution in [3.63, 3.8) is 0 Å². The second-order valence-corrected chi connectivity index (χ2v) is 5.16. The van der Waals surface area contributed by atoms with Crippen LogP contribution in [0.3, 0.4) is 0 Å². The highest BCUT2D eigenvalue weighted by Gasteiger charge is 2.49. The van der Waals surface area contributed by atoms with Gasteiger partial charge in [0.15, 0.2) is 5.82 Å². The summed E-state index contributed by atoms with van der Waals surface area (Å²) in [6, 6.07) is 0.130. The minimum atomic E-state index is 0.130. The second-order valence-electron chi connectivity index (χ2n) is 5.16. The Morgan fingerprint density at radius 3 is 2.80 bits per heavy atom. The van der Waals surface area contributed by atoms with Crippen molar-refractivity contribution in [3.05, 3.63) is 11.7 Å². The van der Waals surface area contributed by atoms with Gasteiger partial charge in [-0.3, -0.25) is 0 Å². The van der Waals surface area contributed by atoms with Gasteiger partial charge in [-0.1, -0.05) is 25.9 Å². The van der Waals surface area contributed by atoms with Gasteiger partial charge in [-0.15, -0.1) is 0 Å². The summed E-state index contributed by atoms with van der Waals surface area (Å²) in [5.41, 5.74) is 6.19. The summed E-state index contributed by atoms with van der Waals surface area (Å²) in [6.07, 6.45) is 2.79. The Morgan fingerprint density at radius 1 is 1.60 bits per heavy atom. The molecule has 2 N–H and O–H groups in total. The number of hydrogen-bond donors (Lipinski definition) is 1. The number of nitrogens with zero attached hydrogens (tertiary/aromatic N) is 2. The first-order chi connectivity index (χ1) is 7.03. The Balaban J connectivity index is 1.99. The summed E-state index contributed by atoms with van der Waals surface area (Å²) in [4.78, 5) is 4.40. The van der Waals surface area contributed by atoms with Crippen molar-refractivity contribution < 1.29 is 4.52 Å². The molecule has 1 aromatic rings. The molecule has 0 bridgehead atoms. The van der Waals surface area contributed by atoms with Gasteiger partial charge < -0.3 is 10.3 Å². The van der Waals surface area contributed by atoms with Crippen molar-refractivity contribution in [2.75, 3.05) is 0 Å². The van der Waals surface area contributed by atoms with E-state index in [1.54, 1.807) is 0 Å². The zero-order chi connectivity index (χ0) is 11.1. The molecule has 4 heteroatoms. The maximum absolute atomic E-state index is 5.83. The van der Waals surface area contributed by atoms with Gasteiger partial charge in [0.25, 0.3) is 0 Å². The maximum atomic E-state index is 5.83. The van der Waals surface area contributed by atoms with Gasteiger partial charge in [-0.05, 0) is 18.3 Å². The van der Waals surface area contributed by atoms with Gasteiger partial charge in [-0.2, -0.15) is 4.98 Å². The lowest BCUT2D eigenvalue weighted by atomic mass is 10.1. The average molecular weight is 209 g/mol. The lowest BCUT2D eigenvalue weighted by Gasteiger charge is -2.02. The molecule has 2 rings (SSSR count). The van der Waals surface area contributed by atoms with E-state index in [1.165, 1.54) is 0 Å². The molecule has 1 saturated carbocycles. The third-order valence-electron chi connectivity index (χ3n) is 3.27. The zero-order valence-corrected chi connectivity index (χ0v) is 9.66. The molecule has 84 valence electrons.